The van der Waals surface area contributed by atoms with E-state index in [9.17, 15) is 40.6 Å². The Morgan fingerprint density at radius 1 is 1.00 bits per heavy atom. The number of halogens is 7. The Labute approximate surface area is 163 Å². The second kappa shape index (κ2) is 7.11. The van der Waals surface area contributed by atoms with Crippen LogP contribution in [0.15, 0.2) is 36.4 Å². The molecule has 0 radical (unpaired) electrons. The Bertz CT molecular complexity index is 1130. The Kier molecular flexibility index (Phi) is 5.04. The summed E-state index contributed by atoms with van der Waals surface area (Å²) in [6.45, 7) is 1.23. The fourth-order valence-corrected chi connectivity index (χ4v) is 2.73. The molecule has 0 aliphatic heterocycles. The lowest BCUT2D eigenvalue weighted by Gasteiger charge is -2.13. The predicted molar refractivity (Wildman–Crippen MR) is 88.5 cm³/mol. The maximum atomic E-state index is 14.0. The Morgan fingerprint density at radius 3 is 2.17 bits per heavy atom. The largest absolute Gasteiger partial charge is 0.476 e. The number of hydrogen-bond donors (Lipinski definition) is 1. The highest BCUT2D eigenvalue weighted by Crippen LogP contribution is 2.34. The van der Waals surface area contributed by atoms with Crippen molar-refractivity contribution in [1.29, 1.82) is 0 Å². The third kappa shape index (κ3) is 3.98. The Morgan fingerprint density at radius 2 is 1.67 bits per heavy atom. The predicted octanol–water partition coefficient (Wildman–Crippen LogP) is 5.12. The number of carboxylic acid groups (broad SMARTS) is 1. The first-order chi connectivity index (χ1) is 13.8. The van der Waals surface area contributed by atoms with Gasteiger partial charge in [0, 0.05) is 17.3 Å². The molecular weight excluding hydrogens is 423 g/mol. The van der Waals surface area contributed by atoms with Crippen LogP contribution in [-0.2, 0) is 12.4 Å². The number of aromatic nitrogens is 3. The third-order valence-corrected chi connectivity index (χ3v) is 4.08. The normalized spacial score (nSPS) is 12.3. The van der Waals surface area contributed by atoms with Gasteiger partial charge in [-0.15, -0.1) is 0 Å². The van der Waals surface area contributed by atoms with E-state index in [0.29, 0.717) is 18.2 Å². The number of alkyl halides is 6. The molecule has 2 aromatic heterocycles. The van der Waals surface area contributed by atoms with Crippen LogP contribution in [0.25, 0.3) is 16.9 Å². The lowest BCUT2D eigenvalue weighted by atomic mass is 10.1. The molecule has 2 heterocycles. The highest BCUT2D eigenvalue weighted by atomic mass is 19.4. The molecule has 1 aromatic carbocycles. The number of carboxylic acids is 1. The molecule has 3 aromatic rings. The molecule has 30 heavy (non-hydrogen) atoms. The number of aromatic carboxylic acids is 1. The maximum Gasteiger partial charge on any atom is 0.433 e. The summed E-state index contributed by atoms with van der Waals surface area (Å²) in [7, 11) is 0. The van der Waals surface area contributed by atoms with Gasteiger partial charge in [0.2, 0.25) is 0 Å². The number of benzene rings is 1. The molecule has 0 fully saturated rings. The van der Waals surface area contributed by atoms with Gasteiger partial charge in [-0.2, -0.15) is 31.4 Å². The highest BCUT2D eigenvalue weighted by molar-refractivity contribution is 5.87. The Hall–Kier alpha value is -3.44. The van der Waals surface area contributed by atoms with E-state index in [0.717, 1.165) is 22.9 Å². The zero-order chi connectivity index (χ0) is 22.4. The summed E-state index contributed by atoms with van der Waals surface area (Å²) in [6.07, 6.45) is -9.66. The molecule has 0 unspecified atom stereocenters. The monoisotopic (exact) mass is 433 g/mol. The summed E-state index contributed by atoms with van der Waals surface area (Å²) in [5, 5.41) is 12.9. The van der Waals surface area contributed by atoms with Crippen molar-refractivity contribution in [2.45, 2.75) is 19.3 Å². The lowest BCUT2D eigenvalue weighted by molar-refractivity contribution is -0.141. The van der Waals surface area contributed by atoms with E-state index >= 15 is 0 Å². The standard InChI is InChI=1S/C18H10F7N3O2/c1-8-10(3-5-15(26-8)18(23,24)25)14-7-13(16(29)30)27-28(14)9-2-4-11(12(19)6-9)17(20,21)22/h2-7H,1H3,(H,29,30). The summed E-state index contributed by atoms with van der Waals surface area (Å²) < 4.78 is 91.7. The second-order valence-electron chi connectivity index (χ2n) is 6.12. The van der Waals surface area contributed by atoms with Gasteiger partial charge < -0.3 is 5.11 Å². The minimum Gasteiger partial charge on any atom is -0.476 e. The average Bonchev–Trinajstić information content (AvgIpc) is 3.05. The molecule has 5 nitrogen and oxygen atoms in total. The van der Waals surface area contributed by atoms with Crippen molar-refractivity contribution in [3.05, 3.63) is 64.9 Å². The van der Waals surface area contributed by atoms with Gasteiger partial charge in [0.1, 0.15) is 11.5 Å². The van der Waals surface area contributed by atoms with Crippen LogP contribution in [0.5, 0.6) is 0 Å². The molecule has 1 N–H and O–H groups in total. The van der Waals surface area contributed by atoms with Gasteiger partial charge in [-0.1, -0.05) is 0 Å². The van der Waals surface area contributed by atoms with Crippen LogP contribution in [0.1, 0.15) is 27.4 Å². The third-order valence-electron chi connectivity index (χ3n) is 4.08. The molecule has 0 amide bonds. The molecule has 158 valence electrons. The number of carbonyl (C=O) groups is 1. The van der Waals surface area contributed by atoms with Gasteiger partial charge in [-0.3, -0.25) is 0 Å². The van der Waals surface area contributed by atoms with E-state index < -0.39 is 41.1 Å². The summed E-state index contributed by atoms with van der Waals surface area (Å²) in [5.41, 5.74) is -3.74. The van der Waals surface area contributed by atoms with Crippen LogP contribution in [0.2, 0.25) is 0 Å². The van der Waals surface area contributed by atoms with E-state index in [1.165, 1.54) is 6.92 Å². The first kappa shape index (κ1) is 21.3. The van der Waals surface area contributed by atoms with Crippen LogP contribution in [0, 0.1) is 12.7 Å². The minimum absolute atomic E-state index is 0.0308. The van der Waals surface area contributed by atoms with Crippen molar-refractivity contribution in [1.82, 2.24) is 14.8 Å². The molecule has 3 rings (SSSR count). The van der Waals surface area contributed by atoms with Gasteiger partial charge >= 0.3 is 18.3 Å². The van der Waals surface area contributed by atoms with Gasteiger partial charge in [0.25, 0.3) is 0 Å². The fourth-order valence-electron chi connectivity index (χ4n) is 2.73. The summed E-state index contributed by atoms with van der Waals surface area (Å²) in [5.74, 6) is -3.12. The molecule has 0 saturated heterocycles. The van der Waals surface area contributed by atoms with Crippen molar-refractivity contribution in [2.24, 2.45) is 0 Å². The van der Waals surface area contributed by atoms with Crippen LogP contribution < -0.4 is 0 Å². The first-order valence-corrected chi connectivity index (χ1v) is 8.04. The quantitative estimate of drug-likeness (QED) is 0.583. The molecule has 0 aliphatic rings. The summed E-state index contributed by atoms with van der Waals surface area (Å²) >= 11 is 0. The zero-order valence-electron chi connectivity index (χ0n) is 14.8. The van der Waals surface area contributed by atoms with E-state index in [1.54, 1.807) is 0 Å². The van der Waals surface area contributed by atoms with Gasteiger partial charge in [0.15, 0.2) is 5.69 Å². The highest BCUT2D eigenvalue weighted by Gasteiger charge is 2.35. The Balaban J connectivity index is 2.19. The van der Waals surface area contributed by atoms with Crippen molar-refractivity contribution < 1.29 is 40.6 Å². The number of rotatable bonds is 3. The van der Waals surface area contributed by atoms with Gasteiger partial charge in [-0.05, 0) is 37.3 Å². The van der Waals surface area contributed by atoms with E-state index in [-0.39, 0.29) is 22.6 Å². The van der Waals surface area contributed by atoms with E-state index in [2.05, 4.69) is 10.1 Å². The van der Waals surface area contributed by atoms with Crippen molar-refractivity contribution in [2.75, 3.05) is 0 Å². The number of pyridine rings is 1. The SMILES string of the molecule is Cc1nc(C(F)(F)F)ccc1-c1cc(C(=O)O)nn1-c1ccc(C(F)(F)F)c(F)c1. The number of nitrogens with zero attached hydrogens (tertiary/aromatic N) is 3. The molecule has 0 spiro atoms. The minimum atomic E-state index is -4.95. The van der Waals surface area contributed by atoms with Crippen LogP contribution >= 0.6 is 0 Å². The van der Waals surface area contributed by atoms with Gasteiger partial charge in [-0.25, -0.2) is 18.9 Å². The molecule has 12 heteroatoms. The fraction of sp³-hybridized carbons (Fsp3) is 0.167. The van der Waals surface area contributed by atoms with Crippen molar-refractivity contribution in [3.8, 4) is 16.9 Å². The summed E-state index contributed by atoms with van der Waals surface area (Å²) in [6, 6.07) is 4.49. The molecule has 0 saturated carbocycles. The first-order valence-electron chi connectivity index (χ1n) is 8.04. The van der Waals surface area contributed by atoms with Crippen molar-refractivity contribution in [3.63, 3.8) is 0 Å². The summed E-state index contributed by atoms with van der Waals surface area (Å²) in [4.78, 5) is 14.7. The number of aryl methyl sites for hydroxylation is 1. The molecular formula is C18H10F7N3O2. The van der Waals surface area contributed by atoms with Crippen LogP contribution in [-0.4, -0.2) is 25.8 Å². The molecule has 0 atom stereocenters. The molecule has 0 aliphatic carbocycles. The smallest absolute Gasteiger partial charge is 0.433 e. The second-order valence-corrected chi connectivity index (χ2v) is 6.12. The van der Waals surface area contributed by atoms with Crippen LogP contribution in [0.3, 0.4) is 0 Å². The van der Waals surface area contributed by atoms with Gasteiger partial charge in [0.05, 0.1) is 16.9 Å². The maximum absolute atomic E-state index is 14.0. The zero-order valence-corrected chi connectivity index (χ0v) is 14.8. The van der Waals surface area contributed by atoms with Crippen molar-refractivity contribution >= 4 is 5.97 Å². The average molecular weight is 433 g/mol. The number of hydrogen-bond acceptors (Lipinski definition) is 3. The topological polar surface area (TPSA) is 68.0 Å². The van der Waals surface area contributed by atoms with E-state index in [4.69, 9.17) is 0 Å². The lowest BCUT2D eigenvalue weighted by Crippen LogP contribution is -2.11. The van der Waals surface area contributed by atoms with Crippen LogP contribution in [0.4, 0.5) is 30.7 Å². The van der Waals surface area contributed by atoms with E-state index in [1.807, 2.05) is 0 Å². The molecule has 0 bridgehead atoms.